The summed E-state index contributed by atoms with van der Waals surface area (Å²) >= 11 is 1.63. The van der Waals surface area contributed by atoms with Gasteiger partial charge in [0.15, 0.2) is 11.8 Å². The zero-order valence-corrected chi connectivity index (χ0v) is 19.2. The normalized spacial score (nSPS) is 14.3. The first-order valence-electron chi connectivity index (χ1n) is 10.3. The van der Waals surface area contributed by atoms with Crippen molar-refractivity contribution in [1.82, 2.24) is 20.1 Å². The van der Waals surface area contributed by atoms with Crippen LogP contribution in [0.15, 0.2) is 29.3 Å². The summed E-state index contributed by atoms with van der Waals surface area (Å²) in [6.45, 7) is 6.27. The zero-order chi connectivity index (χ0) is 23.7. The monoisotopic (exact) mass is 461 g/mol. The quantitative estimate of drug-likeness (QED) is 0.267. The minimum absolute atomic E-state index is 0.121. The van der Waals surface area contributed by atoms with E-state index in [-0.39, 0.29) is 18.9 Å². The molecule has 1 aliphatic heterocycles. The number of hydrogen-bond acceptors (Lipinski definition) is 6. The highest BCUT2D eigenvalue weighted by atomic mass is 32.1. The molecule has 4 rings (SSSR count). The molecule has 5 N–H and O–H groups in total. The number of nitrogens with zero attached hydrogens (tertiary/aromatic N) is 4. The van der Waals surface area contributed by atoms with Crippen molar-refractivity contribution in [1.29, 1.82) is 5.41 Å². The molecular weight excluding hydrogens is 438 g/mol. The van der Waals surface area contributed by atoms with Gasteiger partial charge in [0, 0.05) is 21.6 Å². The van der Waals surface area contributed by atoms with Crippen molar-refractivity contribution in [3.05, 3.63) is 63.0 Å². The second-order valence-corrected chi connectivity index (χ2v) is 8.85. The van der Waals surface area contributed by atoms with Crippen LogP contribution in [0.2, 0.25) is 0 Å². The number of carboxylic acids is 1. The molecule has 0 saturated heterocycles. The number of rotatable bonds is 4. The van der Waals surface area contributed by atoms with E-state index in [0.717, 1.165) is 37.8 Å². The number of guanidine groups is 1. The van der Waals surface area contributed by atoms with Crippen molar-refractivity contribution in [3.63, 3.8) is 0 Å². The number of aliphatic carboxylic acids is 1. The van der Waals surface area contributed by atoms with Gasteiger partial charge in [0.1, 0.15) is 16.9 Å². The third kappa shape index (κ3) is 4.36. The Morgan fingerprint density at radius 1 is 1.27 bits per heavy atom. The third-order valence-corrected chi connectivity index (χ3v) is 6.56. The standard InChI is InChI=1S/C23H23N7O2S/c1-12-13(2)33-22-19(12)20(16-8-6-15(7-9-16)5-4-10-26-23(24)25)27-17(11-18(31)32)21-29-28-14(3)30(21)22/h6-9,17H,10-11H2,1-3H3,(H,31,32)(H4,24,25,26). The van der Waals surface area contributed by atoms with Crippen LogP contribution in [-0.4, -0.2) is 44.1 Å². The number of hydrogen-bond donors (Lipinski definition) is 4. The molecule has 2 aromatic heterocycles. The lowest BCUT2D eigenvalue weighted by molar-refractivity contribution is -0.137. The summed E-state index contributed by atoms with van der Waals surface area (Å²) in [5.41, 5.74) is 9.75. The van der Waals surface area contributed by atoms with E-state index in [1.165, 1.54) is 0 Å². The van der Waals surface area contributed by atoms with Crippen molar-refractivity contribution in [2.75, 3.05) is 6.54 Å². The fourth-order valence-electron chi connectivity index (χ4n) is 3.69. The average molecular weight is 462 g/mol. The first kappa shape index (κ1) is 22.2. The SMILES string of the molecule is Cc1sc2c(c1C)C(c1ccc(C#CCNC(=N)N)cc1)=NC(CC(=O)O)c1nnc(C)n1-2. The number of nitrogens with one attached hydrogen (secondary N) is 2. The Bertz CT molecular complexity index is 1340. The summed E-state index contributed by atoms with van der Waals surface area (Å²) in [4.78, 5) is 17.7. The smallest absolute Gasteiger partial charge is 0.306 e. The Kier molecular flexibility index (Phi) is 5.98. The average Bonchev–Trinajstić information content (AvgIpc) is 3.24. The zero-order valence-electron chi connectivity index (χ0n) is 18.4. The lowest BCUT2D eigenvalue weighted by Gasteiger charge is -2.10. The number of fused-ring (bicyclic) bond motifs is 3. The van der Waals surface area contributed by atoms with Gasteiger partial charge in [0.25, 0.3) is 0 Å². The molecule has 1 aromatic carbocycles. The van der Waals surface area contributed by atoms with Crippen molar-refractivity contribution in [3.8, 4) is 16.8 Å². The van der Waals surface area contributed by atoms with E-state index in [1.807, 2.05) is 35.8 Å². The molecule has 1 unspecified atom stereocenters. The van der Waals surface area contributed by atoms with E-state index < -0.39 is 12.0 Å². The van der Waals surface area contributed by atoms with Crippen molar-refractivity contribution in [2.45, 2.75) is 33.2 Å². The van der Waals surface area contributed by atoms with Gasteiger partial charge < -0.3 is 16.2 Å². The topological polar surface area (TPSA) is 142 Å². The summed E-state index contributed by atoms with van der Waals surface area (Å²) in [5.74, 6) is 6.11. The van der Waals surface area contributed by atoms with Crippen molar-refractivity contribution < 1.29 is 9.90 Å². The number of nitrogens with two attached hydrogens (primary N) is 1. The van der Waals surface area contributed by atoms with Crippen LogP contribution in [0.5, 0.6) is 0 Å². The van der Waals surface area contributed by atoms with Crippen LogP contribution in [-0.2, 0) is 4.79 Å². The van der Waals surface area contributed by atoms with Gasteiger partial charge in [-0.2, -0.15) is 0 Å². The molecule has 0 radical (unpaired) electrons. The Morgan fingerprint density at radius 3 is 2.67 bits per heavy atom. The Balaban J connectivity index is 1.81. The lowest BCUT2D eigenvalue weighted by atomic mass is 9.98. The van der Waals surface area contributed by atoms with E-state index in [4.69, 9.17) is 16.1 Å². The van der Waals surface area contributed by atoms with Crippen molar-refractivity contribution >= 4 is 29.0 Å². The summed E-state index contributed by atoms with van der Waals surface area (Å²) in [6.07, 6.45) is -0.179. The summed E-state index contributed by atoms with van der Waals surface area (Å²) < 4.78 is 1.94. The fraction of sp³-hybridized carbons (Fsp3) is 0.261. The largest absolute Gasteiger partial charge is 0.481 e. The molecule has 3 heterocycles. The van der Waals surface area contributed by atoms with E-state index in [0.29, 0.717) is 11.6 Å². The van der Waals surface area contributed by atoms with E-state index in [2.05, 4.69) is 41.2 Å². The van der Waals surface area contributed by atoms with Gasteiger partial charge in [0.2, 0.25) is 0 Å². The number of aliphatic imine (C=N–C) groups is 1. The molecule has 0 saturated carbocycles. The van der Waals surface area contributed by atoms with Crippen LogP contribution in [0.4, 0.5) is 0 Å². The summed E-state index contributed by atoms with van der Waals surface area (Å²) in [6, 6.07) is 7.02. The summed E-state index contributed by atoms with van der Waals surface area (Å²) in [7, 11) is 0. The number of carboxylic acid groups (broad SMARTS) is 1. The van der Waals surface area contributed by atoms with Crippen LogP contribution in [0.1, 0.15) is 51.2 Å². The highest BCUT2D eigenvalue weighted by molar-refractivity contribution is 7.15. The second kappa shape index (κ2) is 8.88. The summed E-state index contributed by atoms with van der Waals surface area (Å²) in [5, 5.41) is 28.8. The maximum absolute atomic E-state index is 11.6. The van der Waals surface area contributed by atoms with Crippen LogP contribution in [0, 0.1) is 38.0 Å². The molecule has 0 amide bonds. The molecule has 1 aliphatic rings. The Hall–Kier alpha value is -3.97. The number of carbonyl (C=O) groups is 1. The fourth-order valence-corrected chi connectivity index (χ4v) is 4.90. The van der Waals surface area contributed by atoms with E-state index in [1.54, 1.807) is 11.3 Å². The molecule has 0 fully saturated rings. The third-order valence-electron chi connectivity index (χ3n) is 5.37. The van der Waals surface area contributed by atoms with Crippen LogP contribution < -0.4 is 11.1 Å². The number of aromatic nitrogens is 3. The van der Waals surface area contributed by atoms with Gasteiger partial charge in [-0.3, -0.25) is 19.8 Å². The first-order valence-corrected chi connectivity index (χ1v) is 11.1. The highest BCUT2D eigenvalue weighted by Gasteiger charge is 2.32. The molecule has 9 nitrogen and oxygen atoms in total. The molecule has 33 heavy (non-hydrogen) atoms. The molecular formula is C23H23N7O2S. The lowest BCUT2D eigenvalue weighted by Crippen LogP contribution is -2.30. The van der Waals surface area contributed by atoms with E-state index >= 15 is 0 Å². The molecule has 10 heteroatoms. The predicted octanol–water partition coefficient (Wildman–Crippen LogP) is 2.46. The van der Waals surface area contributed by atoms with Crippen LogP contribution >= 0.6 is 11.3 Å². The van der Waals surface area contributed by atoms with Gasteiger partial charge in [-0.1, -0.05) is 24.0 Å². The highest BCUT2D eigenvalue weighted by Crippen LogP contribution is 2.39. The van der Waals surface area contributed by atoms with Crippen LogP contribution in [0.3, 0.4) is 0 Å². The molecule has 0 spiro atoms. The minimum Gasteiger partial charge on any atom is -0.481 e. The molecule has 1 atom stereocenters. The van der Waals surface area contributed by atoms with Gasteiger partial charge in [-0.25, -0.2) is 0 Å². The number of aryl methyl sites for hydroxylation is 2. The van der Waals surface area contributed by atoms with Gasteiger partial charge in [0.05, 0.1) is 18.7 Å². The maximum Gasteiger partial charge on any atom is 0.306 e. The molecule has 0 bridgehead atoms. The molecule has 168 valence electrons. The molecule has 3 aromatic rings. The minimum atomic E-state index is -0.946. The number of thiophene rings is 1. The predicted molar refractivity (Wildman–Crippen MR) is 127 cm³/mol. The van der Waals surface area contributed by atoms with Gasteiger partial charge >= 0.3 is 5.97 Å². The second-order valence-electron chi connectivity index (χ2n) is 7.64. The first-order chi connectivity index (χ1) is 15.8. The maximum atomic E-state index is 11.6. The molecule has 0 aliphatic carbocycles. The number of benzene rings is 1. The van der Waals surface area contributed by atoms with Crippen LogP contribution in [0.25, 0.3) is 5.00 Å². The van der Waals surface area contributed by atoms with Crippen molar-refractivity contribution in [2.24, 2.45) is 10.7 Å². The van der Waals surface area contributed by atoms with E-state index in [9.17, 15) is 9.90 Å². The van der Waals surface area contributed by atoms with Gasteiger partial charge in [-0.05, 0) is 38.5 Å². The van der Waals surface area contributed by atoms with Gasteiger partial charge in [-0.15, -0.1) is 21.5 Å². The Labute approximate surface area is 194 Å². The Morgan fingerprint density at radius 2 is 2.00 bits per heavy atom.